The smallest absolute Gasteiger partial charge is 0.271 e. The van der Waals surface area contributed by atoms with E-state index in [2.05, 4.69) is 27.4 Å². The van der Waals surface area contributed by atoms with Gasteiger partial charge in [0.2, 0.25) is 0 Å². The summed E-state index contributed by atoms with van der Waals surface area (Å²) in [6.45, 7) is 2.83. The second-order valence-corrected chi connectivity index (χ2v) is 9.08. The van der Waals surface area contributed by atoms with Gasteiger partial charge in [-0.05, 0) is 50.1 Å². The van der Waals surface area contributed by atoms with E-state index >= 15 is 0 Å². The highest BCUT2D eigenvalue weighted by Gasteiger charge is 2.31. The molecule has 3 heterocycles. The molecule has 1 aromatic carbocycles. The molecule has 1 aliphatic rings. The van der Waals surface area contributed by atoms with Crippen LogP contribution in [0.25, 0.3) is 0 Å². The van der Waals surface area contributed by atoms with Crippen molar-refractivity contribution in [2.24, 2.45) is 12.8 Å². The zero-order valence-corrected chi connectivity index (χ0v) is 20.5. The molecule has 3 aromatic rings. The monoisotopic (exact) mass is 476 g/mol. The number of carbonyl (C=O) groups is 2. The third-order valence-corrected chi connectivity index (χ3v) is 6.33. The van der Waals surface area contributed by atoms with Gasteiger partial charge in [-0.15, -0.1) is 0 Å². The summed E-state index contributed by atoms with van der Waals surface area (Å²) < 4.78 is 1.89. The van der Waals surface area contributed by atoms with E-state index in [1.807, 2.05) is 73.3 Å². The van der Waals surface area contributed by atoms with Crippen LogP contribution in [0.1, 0.15) is 40.6 Å². The molecule has 0 bridgehead atoms. The number of nitrogens with one attached hydrogen (secondary N) is 2. The Bertz CT molecular complexity index is 1200. The quantitative estimate of drug-likeness (QED) is 0.479. The van der Waals surface area contributed by atoms with Crippen molar-refractivity contribution in [3.63, 3.8) is 0 Å². The average Bonchev–Trinajstić information content (AvgIpc) is 3.24. The highest BCUT2D eigenvalue weighted by molar-refractivity contribution is 5.96. The number of carbonyl (C=O) groups excluding carboxylic acids is 2. The second-order valence-electron chi connectivity index (χ2n) is 9.08. The third kappa shape index (κ3) is 5.37. The Hall–Kier alpha value is -4.08. The normalized spacial score (nSPS) is 17.7. The van der Waals surface area contributed by atoms with Crippen molar-refractivity contribution in [1.29, 1.82) is 0 Å². The number of rotatable bonds is 7. The molecule has 0 saturated carbocycles. The second kappa shape index (κ2) is 10.0. The Morgan fingerprint density at radius 1 is 1.17 bits per heavy atom. The van der Waals surface area contributed by atoms with Crippen molar-refractivity contribution in [1.82, 2.24) is 19.9 Å². The summed E-state index contributed by atoms with van der Waals surface area (Å²) in [5.74, 6) is 0.172. The van der Waals surface area contributed by atoms with Gasteiger partial charge < -0.3 is 30.7 Å². The third-order valence-electron chi connectivity index (χ3n) is 6.33. The predicted octanol–water partition coefficient (Wildman–Crippen LogP) is 2.51. The molecule has 2 aromatic heterocycles. The van der Waals surface area contributed by atoms with Crippen LogP contribution in [0, 0.1) is 0 Å². The van der Waals surface area contributed by atoms with Crippen LogP contribution in [0.2, 0.25) is 0 Å². The fourth-order valence-corrected chi connectivity index (χ4v) is 4.32. The molecule has 4 rings (SSSR count). The maximum absolute atomic E-state index is 12.9. The van der Waals surface area contributed by atoms with E-state index in [-0.39, 0.29) is 23.7 Å². The maximum atomic E-state index is 12.9. The first-order chi connectivity index (χ1) is 16.7. The van der Waals surface area contributed by atoms with Gasteiger partial charge in [0.25, 0.3) is 11.8 Å². The van der Waals surface area contributed by atoms with Crippen LogP contribution in [0.3, 0.4) is 0 Å². The van der Waals surface area contributed by atoms with Gasteiger partial charge in [-0.1, -0.05) is 0 Å². The predicted molar refractivity (Wildman–Crippen MR) is 137 cm³/mol. The van der Waals surface area contributed by atoms with Crippen molar-refractivity contribution in [2.45, 2.75) is 31.8 Å². The van der Waals surface area contributed by atoms with Crippen LogP contribution in [-0.4, -0.2) is 59.1 Å². The van der Waals surface area contributed by atoms with Crippen LogP contribution in [0.5, 0.6) is 0 Å². The minimum absolute atomic E-state index is 0.0212. The Labute approximate surface area is 205 Å². The zero-order valence-electron chi connectivity index (χ0n) is 20.5. The molecule has 35 heavy (non-hydrogen) atoms. The molecule has 10 nitrogen and oxygen atoms in total. The van der Waals surface area contributed by atoms with Crippen LogP contribution in [0.4, 0.5) is 23.0 Å². The van der Waals surface area contributed by atoms with Crippen LogP contribution in [-0.2, 0) is 7.05 Å². The topological polar surface area (TPSA) is 121 Å². The van der Waals surface area contributed by atoms with Crippen LogP contribution in [0.15, 0.2) is 48.9 Å². The van der Waals surface area contributed by atoms with E-state index in [4.69, 9.17) is 10.7 Å². The number of aromatic nitrogens is 3. The number of nitrogens with zero attached hydrogens (tertiary/aromatic N) is 5. The van der Waals surface area contributed by atoms with Gasteiger partial charge in [0.15, 0.2) is 11.5 Å². The summed E-state index contributed by atoms with van der Waals surface area (Å²) in [5, 5.41) is 6.34. The number of anilines is 4. The standard InChI is InChI=1S/C25H32N8O2/c1-16-20(29-25(35)17-7-9-19(10-8-17)31(2)3)6-5-12-33(16)21-14-27-22(23(26)34)24(30-21)28-18-11-13-32(4)15-18/h7-11,13-16,20H,5-6,12H2,1-4H3,(H2,26,34)(H,28,30)(H,29,35)/t16-,20-/m1/s1. The highest BCUT2D eigenvalue weighted by Crippen LogP contribution is 2.27. The fourth-order valence-electron chi connectivity index (χ4n) is 4.32. The number of primary amides is 1. The molecule has 4 N–H and O–H groups in total. The first-order valence-corrected chi connectivity index (χ1v) is 11.6. The van der Waals surface area contributed by atoms with Gasteiger partial charge in [0.05, 0.1) is 11.9 Å². The van der Waals surface area contributed by atoms with E-state index in [0.717, 1.165) is 30.8 Å². The molecule has 0 unspecified atom stereocenters. The Morgan fingerprint density at radius 2 is 1.91 bits per heavy atom. The number of hydrogen-bond acceptors (Lipinski definition) is 7. The molecule has 10 heteroatoms. The molecule has 184 valence electrons. The molecule has 0 radical (unpaired) electrons. The first-order valence-electron chi connectivity index (χ1n) is 11.6. The minimum atomic E-state index is -0.653. The van der Waals surface area contributed by atoms with Gasteiger partial charge in [0.1, 0.15) is 5.82 Å². The van der Waals surface area contributed by atoms with Crippen molar-refractivity contribution >= 4 is 34.8 Å². The molecule has 0 aliphatic carbocycles. The Morgan fingerprint density at radius 3 is 2.54 bits per heavy atom. The SMILES string of the molecule is C[C@@H]1[C@H](NC(=O)c2ccc(N(C)C)cc2)CCCN1c1cnc(C(N)=O)c(Nc2ccn(C)c2)n1. The summed E-state index contributed by atoms with van der Waals surface area (Å²) in [7, 11) is 5.84. The molecule has 1 aliphatic heterocycles. The molecule has 1 saturated heterocycles. The summed E-state index contributed by atoms with van der Waals surface area (Å²) in [6, 6.07) is 9.33. The van der Waals surface area contributed by atoms with Crippen molar-refractivity contribution < 1.29 is 9.59 Å². The Balaban J connectivity index is 1.52. The number of amides is 2. The largest absolute Gasteiger partial charge is 0.378 e. The lowest BCUT2D eigenvalue weighted by molar-refractivity contribution is 0.0923. The summed E-state index contributed by atoms with van der Waals surface area (Å²) in [6.07, 6.45) is 7.07. The van der Waals surface area contributed by atoms with Crippen LogP contribution >= 0.6 is 0 Å². The Kier molecular flexibility index (Phi) is 6.90. The molecular formula is C25H32N8O2. The number of nitrogens with two attached hydrogens (primary N) is 1. The van der Waals surface area contributed by atoms with E-state index in [1.54, 1.807) is 6.20 Å². The van der Waals surface area contributed by atoms with Gasteiger partial charge in [0, 0.05) is 63.4 Å². The van der Waals surface area contributed by atoms with E-state index in [1.165, 1.54) is 0 Å². The van der Waals surface area contributed by atoms with Gasteiger partial charge in [-0.25, -0.2) is 9.97 Å². The number of piperidine rings is 1. The molecular weight excluding hydrogens is 444 g/mol. The van der Waals surface area contributed by atoms with Crippen LogP contribution < -0.4 is 26.2 Å². The van der Waals surface area contributed by atoms with Crippen molar-refractivity contribution in [3.05, 3.63) is 60.2 Å². The minimum Gasteiger partial charge on any atom is -0.378 e. The first kappa shape index (κ1) is 24.1. The lowest BCUT2D eigenvalue weighted by Gasteiger charge is -2.40. The number of benzene rings is 1. The van der Waals surface area contributed by atoms with E-state index in [0.29, 0.717) is 17.2 Å². The van der Waals surface area contributed by atoms with E-state index in [9.17, 15) is 9.59 Å². The summed E-state index contributed by atoms with van der Waals surface area (Å²) >= 11 is 0. The fraction of sp³-hybridized carbons (Fsp3) is 0.360. The lowest BCUT2D eigenvalue weighted by Crippen LogP contribution is -2.54. The van der Waals surface area contributed by atoms with Crippen molar-refractivity contribution in [2.75, 3.05) is 35.8 Å². The highest BCUT2D eigenvalue weighted by atomic mass is 16.2. The number of aryl methyl sites for hydroxylation is 1. The van der Waals surface area contributed by atoms with E-state index < -0.39 is 5.91 Å². The maximum Gasteiger partial charge on any atom is 0.271 e. The van der Waals surface area contributed by atoms with Gasteiger partial charge in [-0.2, -0.15) is 0 Å². The molecule has 1 fully saturated rings. The van der Waals surface area contributed by atoms with Crippen molar-refractivity contribution in [3.8, 4) is 0 Å². The average molecular weight is 477 g/mol. The molecule has 2 amide bonds. The molecule has 0 spiro atoms. The molecule has 2 atom stereocenters. The summed E-state index contributed by atoms with van der Waals surface area (Å²) in [5.41, 5.74) is 8.05. The van der Waals surface area contributed by atoms with Gasteiger partial charge >= 0.3 is 0 Å². The lowest BCUT2D eigenvalue weighted by atomic mass is 9.97. The number of hydrogen-bond donors (Lipinski definition) is 3. The zero-order chi connectivity index (χ0) is 25.1. The summed E-state index contributed by atoms with van der Waals surface area (Å²) in [4.78, 5) is 38.0. The van der Waals surface area contributed by atoms with Gasteiger partial charge in [-0.3, -0.25) is 9.59 Å².